The number of hydrogen-bond acceptors (Lipinski definition) is 6. The van der Waals surface area contributed by atoms with Crippen molar-refractivity contribution in [2.45, 2.75) is 110 Å². The minimum atomic E-state index is -0.861. The van der Waals surface area contributed by atoms with Gasteiger partial charge in [0.15, 0.2) is 0 Å². The molecule has 1 N–H and O–H groups in total. The molecule has 0 bridgehead atoms. The van der Waals surface area contributed by atoms with E-state index in [9.17, 15) is 19.7 Å². The van der Waals surface area contributed by atoms with Crippen molar-refractivity contribution < 1.29 is 24.3 Å². The fourth-order valence-electron chi connectivity index (χ4n) is 4.44. The summed E-state index contributed by atoms with van der Waals surface area (Å²) in [5, 5.41) is 11.6. The highest BCUT2D eigenvalue weighted by molar-refractivity contribution is 5.84. The summed E-state index contributed by atoms with van der Waals surface area (Å²) in [7, 11) is 0. The fourth-order valence-corrected chi connectivity index (χ4v) is 4.44. The smallest absolute Gasteiger partial charge is 0.328 e. The second-order valence-electron chi connectivity index (χ2n) is 9.92. The van der Waals surface area contributed by atoms with Crippen molar-refractivity contribution in [2.75, 3.05) is 13.2 Å². The first kappa shape index (κ1) is 33.1. The molecule has 38 heavy (non-hydrogen) atoms. The molecule has 0 aromatic heterocycles. The van der Waals surface area contributed by atoms with Gasteiger partial charge in [0, 0.05) is 6.42 Å². The Kier molecular flexibility index (Phi) is 19.3. The summed E-state index contributed by atoms with van der Waals surface area (Å²) < 4.78 is 4.96. The van der Waals surface area contributed by atoms with Crippen molar-refractivity contribution in [2.24, 2.45) is 5.92 Å². The molecule has 1 amide bonds. The van der Waals surface area contributed by atoms with Crippen LogP contribution in [-0.2, 0) is 25.6 Å². The van der Waals surface area contributed by atoms with Gasteiger partial charge in [-0.05, 0) is 63.9 Å². The molecule has 1 atom stereocenters. The molecule has 1 aliphatic rings. The van der Waals surface area contributed by atoms with Crippen LogP contribution < -0.4 is 5.32 Å². The molecule has 2 rings (SSSR count). The zero-order chi connectivity index (χ0) is 27.8. The summed E-state index contributed by atoms with van der Waals surface area (Å²) in [6.07, 6.45) is 19.7. The van der Waals surface area contributed by atoms with Gasteiger partial charge in [-0.3, -0.25) is 4.79 Å². The predicted molar refractivity (Wildman–Crippen MR) is 150 cm³/mol. The summed E-state index contributed by atoms with van der Waals surface area (Å²) in [5.74, 6) is 0.377. The Morgan fingerprint density at radius 3 is 2.45 bits per heavy atom. The maximum Gasteiger partial charge on any atom is 0.328 e. The lowest BCUT2D eigenvalue weighted by Crippen LogP contribution is -2.39. The minimum absolute atomic E-state index is 0.0248. The number of carbonyl (C=O) groups excluding carboxylic acids is 2. The van der Waals surface area contributed by atoms with Gasteiger partial charge in [-0.1, -0.05) is 87.4 Å². The number of carbonyl (C=O) groups is 2. The van der Waals surface area contributed by atoms with Gasteiger partial charge in [0.2, 0.25) is 5.91 Å². The van der Waals surface area contributed by atoms with E-state index in [-0.39, 0.29) is 19.1 Å². The third-order valence-corrected chi connectivity index (χ3v) is 6.62. The van der Waals surface area contributed by atoms with Gasteiger partial charge in [0.05, 0.1) is 13.2 Å². The van der Waals surface area contributed by atoms with Crippen molar-refractivity contribution >= 4 is 11.9 Å². The number of benzene rings is 1. The Morgan fingerprint density at radius 1 is 1.05 bits per heavy atom. The normalized spacial score (nSPS) is 13.9. The van der Waals surface area contributed by atoms with Gasteiger partial charge in [0.25, 0.3) is 5.09 Å². The van der Waals surface area contributed by atoms with E-state index in [1.54, 1.807) is 6.92 Å². The quantitative estimate of drug-likeness (QED) is 0.0737. The van der Waals surface area contributed by atoms with Crippen LogP contribution in [0.25, 0.3) is 0 Å². The van der Waals surface area contributed by atoms with E-state index >= 15 is 0 Å². The molecule has 1 aromatic rings. The number of amides is 1. The van der Waals surface area contributed by atoms with Crippen molar-refractivity contribution in [3.05, 3.63) is 58.2 Å². The molecule has 8 heteroatoms. The molecule has 0 heterocycles. The first-order valence-electron chi connectivity index (χ1n) is 14.3. The van der Waals surface area contributed by atoms with Crippen LogP contribution in [0, 0.1) is 16.0 Å². The van der Waals surface area contributed by atoms with Crippen molar-refractivity contribution in [3.63, 3.8) is 0 Å². The van der Waals surface area contributed by atoms with Gasteiger partial charge in [-0.15, -0.1) is 10.1 Å². The zero-order valence-corrected chi connectivity index (χ0v) is 23.4. The first-order chi connectivity index (χ1) is 18.4. The maximum atomic E-state index is 11.6. The maximum absolute atomic E-state index is 11.6. The molecular formula is C30H48N2O6. The second kappa shape index (κ2) is 22.1. The van der Waals surface area contributed by atoms with E-state index in [0.29, 0.717) is 19.3 Å². The number of unbranched alkanes of at least 4 members (excludes halogenated alkanes) is 4. The highest BCUT2D eigenvalue weighted by atomic mass is 16.9. The lowest BCUT2D eigenvalue weighted by molar-refractivity contribution is -0.757. The van der Waals surface area contributed by atoms with Crippen molar-refractivity contribution in [1.82, 2.24) is 5.32 Å². The number of ether oxygens (including phenoxy) is 1. The van der Waals surface area contributed by atoms with E-state index < -0.39 is 17.1 Å². The fraction of sp³-hybridized carbons (Fsp3) is 0.667. The number of nitrogens with zero attached hydrogens (tertiary/aromatic N) is 1. The number of esters is 1. The number of nitrogens with one attached hydrogen (secondary N) is 1. The van der Waals surface area contributed by atoms with Crippen molar-refractivity contribution in [3.8, 4) is 0 Å². The van der Waals surface area contributed by atoms with E-state index in [1.165, 1.54) is 63.4 Å². The Morgan fingerprint density at radius 2 is 1.76 bits per heavy atom. The average molecular weight is 533 g/mol. The van der Waals surface area contributed by atoms with E-state index in [4.69, 9.17) is 4.74 Å². The summed E-state index contributed by atoms with van der Waals surface area (Å²) in [5.41, 5.74) is 1.50. The molecule has 1 aromatic carbocycles. The summed E-state index contributed by atoms with van der Waals surface area (Å²) >= 11 is 0. The van der Waals surface area contributed by atoms with Gasteiger partial charge < -0.3 is 14.9 Å². The minimum Gasteiger partial charge on any atom is -0.464 e. The van der Waals surface area contributed by atoms with Crippen LogP contribution in [0.2, 0.25) is 0 Å². The Bertz CT molecular complexity index is 793. The van der Waals surface area contributed by atoms with Crippen LogP contribution in [0.15, 0.2) is 42.5 Å². The molecule has 1 unspecified atom stereocenters. The highest BCUT2D eigenvalue weighted by Gasteiger charge is 2.16. The van der Waals surface area contributed by atoms with E-state index in [1.807, 2.05) is 19.1 Å². The predicted octanol–water partition coefficient (Wildman–Crippen LogP) is 6.75. The highest BCUT2D eigenvalue weighted by Crippen LogP contribution is 2.29. The van der Waals surface area contributed by atoms with Gasteiger partial charge in [-0.2, -0.15) is 0 Å². The molecule has 1 saturated carbocycles. The lowest BCUT2D eigenvalue weighted by atomic mass is 9.98. The monoisotopic (exact) mass is 532 g/mol. The summed E-state index contributed by atoms with van der Waals surface area (Å²) in [4.78, 5) is 37.2. The molecular weight excluding hydrogens is 484 g/mol. The standard InChI is InChI=1S/C16H24.C14H24N2O6/c1-3-9-15(10-4-1)11-5-2-6-12-16-13-7-8-14-16;1-3-4-5-6-9-13(17)15-12(2)14(18)21-10-7-8-11-22-16(19)20/h1,3-4,9-10,16H,2,5-8,11-14H2;3-4,12H,5-11H2,1-2H3,(H,15,17)/b;4-3-. The first-order valence-corrected chi connectivity index (χ1v) is 14.3. The summed E-state index contributed by atoms with van der Waals surface area (Å²) in [6.45, 7) is 3.59. The van der Waals surface area contributed by atoms with Gasteiger partial charge in [0.1, 0.15) is 6.04 Å². The lowest BCUT2D eigenvalue weighted by Gasteiger charge is -2.13. The molecule has 1 aliphatic carbocycles. The molecule has 0 spiro atoms. The number of rotatable bonds is 18. The molecule has 8 nitrogen and oxygen atoms in total. The van der Waals surface area contributed by atoms with Crippen LogP contribution >= 0.6 is 0 Å². The largest absolute Gasteiger partial charge is 0.464 e. The number of allylic oxidation sites excluding steroid dienone is 2. The Hall–Kier alpha value is -2.90. The van der Waals surface area contributed by atoms with Crippen molar-refractivity contribution in [1.29, 1.82) is 0 Å². The third-order valence-electron chi connectivity index (χ3n) is 6.62. The van der Waals surface area contributed by atoms with Crippen LogP contribution in [0.3, 0.4) is 0 Å². The third kappa shape index (κ3) is 18.4. The Labute approximate surface area is 228 Å². The number of hydrogen-bond donors (Lipinski definition) is 1. The topological polar surface area (TPSA) is 108 Å². The molecule has 214 valence electrons. The van der Waals surface area contributed by atoms with Crippen LogP contribution in [0.1, 0.15) is 103 Å². The van der Waals surface area contributed by atoms with Crippen LogP contribution in [-0.4, -0.2) is 36.2 Å². The van der Waals surface area contributed by atoms with Gasteiger partial charge >= 0.3 is 5.97 Å². The SMILES string of the molecule is C/C=C\CCCC(=O)NC(C)C(=O)OCCCCO[N+](=O)[O-].c1ccc(CCCCCC2CCCC2)cc1. The Balaban J connectivity index is 0.000000396. The number of aryl methyl sites for hydroxylation is 1. The molecule has 1 fully saturated rings. The summed E-state index contributed by atoms with van der Waals surface area (Å²) in [6, 6.07) is 10.2. The second-order valence-corrected chi connectivity index (χ2v) is 9.92. The van der Waals surface area contributed by atoms with Crippen LogP contribution in [0.4, 0.5) is 0 Å². The van der Waals surface area contributed by atoms with E-state index in [2.05, 4.69) is 40.5 Å². The van der Waals surface area contributed by atoms with E-state index in [0.717, 1.165) is 18.8 Å². The van der Waals surface area contributed by atoms with Gasteiger partial charge in [-0.25, -0.2) is 4.79 Å². The molecule has 0 radical (unpaired) electrons. The molecule has 0 aliphatic heterocycles. The zero-order valence-electron chi connectivity index (χ0n) is 23.4. The van der Waals surface area contributed by atoms with Crippen LogP contribution in [0.5, 0.6) is 0 Å². The molecule has 0 saturated heterocycles. The average Bonchev–Trinajstić information content (AvgIpc) is 3.43.